The van der Waals surface area contributed by atoms with Crippen molar-refractivity contribution in [1.82, 2.24) is 10.6 Å². The summed E-state index contributed by atoms with van der Waals surface area (Å²) in [5, 5.41) is 6.15. The van der Waals surface area contributed by atoms with Gasteiger partial charge in [0.15, 0.2) is 0 Å². The van der Waals surface area contributed by atoms with Gasteiger partial charge in [0.25, 0.3) is 0 Å². The molecule has 0 aromatic carbocycles. The van der Waals surface area contributed by atoms with Gasteiger partial charge >= 0.3 is 0 Å². The van der Waals surface area contributed by atoms with Crippen LogP contribution < -0.4 is 10.6 Å². The van der Waals surface area contributed by atoms with Crippen molar-refractivity contribution in [2.45, 2.75) is 65.2 Å². The van der Waals surface area contributed by atoms with Crippen LogP contribution in [0.4, 0.5) is 0 Å². The van der Waals surface area contributed by atoms with E-state index in [0.717, 1.165) is 32.5 Å². The van der Waals surface area contributed by atoms with Crippen LogP contribution in [0, 0.1) is 5.92 Å². The lowest BCUT2D eigenvalue weighted by molar-refractivity contribution is -0.121. The molecule has 0 aromatic heterocycles. The molecule has 0 rings (SSSR count). The smallest absolute Gasteiger partial charge is 0.220 e. The average molecular weight is 300 g/mol. The minimum atomic E-state index is 0.164. The van der Waals surface area contributed by atoms with E-state index in [1.54, 1.807) is 0 Å². The zero-order valence-corrected chi connectivity index (χ0v) is 14.4. The summed E-state index contributed by atoms with van der Waals surface area (Å²) < 4.78 is 5.46. The molecule has 0 aliphatic rings. The highest BCUT2D eigenvalue weighted by Crippen LogP contribution is 2.04. The molecule has 0 fully saturated rings. The van der Waals surface area contributed by atoms with Crippen molar-refractivity contribution in [3.8, 4) is 0 Å². The average Bonchev–Trinajstić information content (AvgIpc) is 2.45. The second kappa shape index (κ2) is 15.8. The van der Waals surface area contributed by atoms with E-state index in [2.05, 4.69) is 24.5 Å². The Morgan fingerprint density at radius 1 is 0.952 bits per heavy atom. The van der Waals surface area contributed by atoms with Gasteiger partial charge < -0.3 is 15.4 Å². The molecular formula is C17H36N2O2. The minimum Gasteiger partial charge on any atom is -0.381 e. The molecule has 4 nitrogen and oxygen atoms in total. The Bertz CT molecular complexity index is 233. The number of unbranched alkanes of at least 4 members (excludes halogenated alkanes) is 5. The van der Waals surface area contributed by atoms with Crippen LogP contribution in [0.1, 0.15) is 65.2 Å². The monoisotopic (exact) mass is 300 g/mol. The predicted octanol–water partition coefficient (Wildman–Crippen LogP) is 3.12. The summed E-state index contributed by atoms with van der Waals surface area (Å²) in [6.45, 7) is 7.69. The van der Waals surface area contributed by atoms with Crippen molar-refractivity contribution in [3.63, 3.8) is 0 Å². The third-order valence-corrected chi connectivity index (χ3v) is 3.32. The third kappa shape index (κ3) is 17.3. The second-order valence-corrected chi connectivity index (χ2v) is 6.15. The molecule has 1 amide bonds. The van der Waals surface area contributed by atoms with Gasteiger partial charge in [-0.2, -0.15) is 0 Å². The van der Waals surface area contributed by atoms with Gasteiger partial charge in [0.05, 0.1) is 0 Å². The summed E-state index contributed by atoms with van der Waals surface area (Å²) in [6.07, 6.45) is 8.90. The first-order chi connectivity index (χ1) is 10.2. The van der Waals surface area contributed by atoms with E-state index in [9.17, 15) is 4.79 Å². The van der Waals surface area contributed by atoms with Gasteiger partial charge in [0, 0.05) is 26.2 Å². The quantitative estimate of drug-likeness (QED) is 0.457. The van der Waals surface area contributed by atoms with Gasteiger partial charge in [0.2, 0.25) is 5.91 Å². The molecule has 0 aromatic rings. The van der Waals surface area contributed by atoms with Gasteiger partial charge in [-0.15, -0.1) is 0 Å². The number of nitrogens with one attached hydrogen (secondary N) is 2. The summed E-state index contributed by atoms with van der Waals surface area (Å²) in [5.41, 5.74) is 0. The van der Waals surface area contributed by atoms with Crippen LogP contribution in [0.25, 0.3) is 0 Å². The van der Waals surface area contributed by atoms with Gasteiger partial charge in [-0.3, -0.25) is 4.79 Å². The Labute approximate surface area is 131 Å². The Balaban J connectivity index is 3.16. The first-order valence-electron chi connectivity index (χ1n) is 8.66. The van der Waals surface area contributed by atoms with Crippen molar-refractivity contribution in [3.05, 3.63) is 0 Å². The predicted molar refractivity (Wildman–Crippen MR) is 89.5 cm³/mol. The van der Waals surface area contributed by atoms with Gasteiger partial charge in [-0.05, 0) is 38.8 Å². The highest BCUT2D eigenvalue weighted by atomic mass is 16.5. The van der Waals surface area contributed by atoms with Crippen molar-refractivity contribution in [1.29, 1.82) is 0 Å². The normalized spacial score (nSPS) is 11.0. The van der Waals surface area contributed by atoms with Crippen LogP contribution in [0.15, 0.2) is 0 Å². The maximum atomic E-state index is 11.6. The van der Waals surface area contributed by atoms with E-state index in [0.29, 0.717) is 18.9 Å². The molecule has 0 aliphatic heterocycles. The molecule has 0 saturated carbocycles. The number of hydrogen-bond acceptors (Lipinski definition) is 3. The molecule has 2 N–H and O–H groups in total. The van der Waals surface area contributed by atoms with Gasteiger partial charge in [-0.1, -0.05) is 39.5 Å². The number of carbonyl (C=O) groups is 1. The molecule has 0 bridgehead atoms. The fourth-order valence-electron chi connectivity index (χ4n) is 2.10. The molecule has 0 spiro atoms. The number of hydrogen-bond donors (Lipinski definition) is 2. The Hall–Kier alpha value is -0.610. The lowest BCUT2D eigenvalue weighted by Crippen LogP contribution is -2.24. The summed E-state index contributed by atoms with van der Waals surface area (Å²) in [6, 6.07) is 0. The first kappa shape index (κ1) is 20.4. The van der Waals surface area contributed by atoms with Crippen LogP contribution in [0.5, 0.6) is 0 Å². The first-order valence-corrected chi connectivity index (χ1v) is 8.66. The second-order valence-electron chi connectivity index (χ2n) is 6.15. The molecule has 0 unspecified atom stereocenters. The summed E-state index contributed by atoms with van der Waals surface area (Å²) in [7, 11) is 2.00. The maximum Gasteiger partial charge on any atom is 0.220 e. The van der Waals surface area contributed by atoms with E-state index >= 15 is 0 Å². The SMILES string of the molecule is CNCCCCCCCCNC(=O)CCCOCC(C)C. The van der Waals surface area contributed by atoms with Crippen LogP contribution in [-0.2, 0) is 9.53 Å². The minimum absolute atomic E-state index is 0.164. The Morgan fingerprint density at radius 3 is 2.19 bits per heavy atom. The fraction of sp³-hybridized carbons (Fsp3) is 0.941. The largest absolute Gasteiger partial charge is 0.381 e. The number of amides is 1. The van der Waals surface area contributed by atoms with Crippen LogP contribution in [0.2, 0.25) is 0 Å². The molecule has 4 heteroatoms. The van der Waals surface area contributed by atoms with E-state index in [1.807, 2.05) is 7.05 Å². The van der Waals surface area contributed by atoms with E-state index in [1.165, 1.54) is 32.1 Å². The number of ether oxygens (including phenoxy) is 1. The summed E-state index contributed by atoms with van der Waals surface area (Å²) in [4.78, 5) is 11.6. The van der Waals surface area contributed by atoms with Crippen molar-refractivity contribution in [2.75, 3.05) is 33.4 Å². The molecule has 0 saturated heterocycles. The van der Waals surface area contributed by atoms with Crippen LogP contribution in [-0.4, -0.2) is 39.3 Å². The zero-order valence-electron chi connectivity index (χ0n) is 14.4. The molecule has 21 heavy (non-hydrogen) atoms. The summed E-state index contributed by atoms with van der Waals surface area (Å²) >= 11 is 0. The van der Waals surface area contributed by atoms with Crippen molar-refractivity contribution >= 4 is 5.91 Å². The Kier molecular flexibility index (Phi) is 15.3. The third-order valence-electron chi connectivity index (χ3n) is 3.32. The topological polar surface area (TPSA) is 50.4 Å². The van der Waals surface area contributed by atoms with Crippen molar-refractivity contribution < 1.29 is 9.53 Å². The van der Waals surface area contributed by atoms with Crippen molar-refractivity contribution in [2.24, 2.45) is 5.92 Å². The molecule has 0 heterocycles. The zero-order chi connectivity index (χ0) is 15.8. The van der Waals surface area contributed by atoms with E-state index in [4.69, 9.17) is 4.74 Å². The van der Waals surface area contributed by atoms with E-state index < -0.39 is 0 Å². The van der Waals surface area contributed by atoms with Crippen LogP contribution >= 0.6 is 0 Å². The summed E-state index contributed by atoms with van der Waals surface area (Å²) in [5.74, 6) is 0.731. The van der Waals surface area contributed by atoms with Gasteiger partial charge in [-0.25, -0.2) is 0 Å². The molecule has 0 aliphatic carbocycles. The van der Waals surface area contributed by atoms with Gasteiger partial charge in [0.1, 0.15) is 0 Å². The van der Waals surface area contributed by atoms with E-state index in [-0.39, 0.29) is 5.91 Å². The lowest BCUT2D eigenvalue weighted by atomic mass is 10.1. The Morgan fingerprint density at radius 2 is 1.57 bits per heavy atom. The molecular weight excluding hydrogens is 264 g/mol. The molecule has 0 radical (unpaired) electrons. The lowest BCUT2D eigenvalue weighted by Gasteiger charge is -2.07. The fourth-order valence-corrected chi connectivity index (χ4v) is 2.10. The highest BCUT2D eigenvalue weighted by Gasteiger charge is 2.01. The highest BCUT2D eigenvalue weighted by molar-refractivity contribution is 5.75. The number of carbonyl (C=O) groups excluding carboxylic acids is 1. The van der Waals surface area contributed by atoms with Crippen LogP contribution in [0.3, 0.4) is 0 Å². The maximum absolute atomic E-state index is 11.6. The standard InChI is InChI=1S/C17H36N2O2/c1-16(2)15-21-14-10-11-17(20)19-13-9-7-5-4-6-8-12-18-3/h16,18H,4-15H2,1-3H3,(H,19,20). The molecule has 126 valence electrons. The number of rotatable bonds is 15. The molecule has 0 atom stereocenters.